The molecule has 2 rings (SSSR count). The van der Waals surface area contributed by atoms with Crippen molar-refractivity contribution < 1.29 is 9.53 Å². The number of nitrogens with zero attached hydrogens (tertiary/aromatic N) is 3. The predicted molar refractivity (Wildman–Crippen MR) is 75.5 cm³/mol. The molecule has 20 heavy (non-hydrogen) atoms. The van der Waals surface area contributed by atoms with Crippen LogP contribution in [0.1, 0.15) is 0 Å². The van der Waals surface area contributed by atoms with Gasteiger partial charge in [-0.3, -0.25) is 4.79 Å². The highest BCUT2D eigenvalue weighted by Gasteiger charge is 2.21. The molecule has 2 aromatic rings. The second kappa shape index (κ2) is 6.63. The predicted octanol–water partition coefficient (Wildman–Crippen LogP) is 1.11. The fourth-order valence-electron chi connectivity index (χ4n) is 1.76. The molecule has 1 aromatic heterocycles. The monoisotopic (exact) mass is 272 g/mol. The normalized spacial score (nSPS) is 11.7. The lowest BCUT2D eigenvalue weighted by molar-refractivity contribution is -0.141. The number of methoxy groups -OCH3 is 1. The number of hydrogen-bond acceptors (Lipinski definition) is 6. The summed E-state index contributed by atoms with van der Waals surface area (Å²) in [4.78, 5) is 21.7. The lowest BCUT2D eigenvalue weighted by atomic mass is 10.2. The average Bonchev–Trinajstić information content (AvgIpc) is 2.53. The SMILES string of the molecule is COC(=O)[C@H](N)CN(c1ccccc1)c1ncccn1. The smallest absolute Gasteiger partial charge is 0.324 e. The van der Waals surface area contributed by atoms with Gasteiger partial charge >= 0.3 is 5.97 Å². The summed E-state index contributed by atoms with van der Waals surface area (Å²) in [6, 6.07) is 10.5. The number of carbonyl (C=O) groups is 1. The number of benzene rings is 1. The van der Waals surface area contributed by atoms with Gasteiger partial charge in [-0.15, -0.1) is 0 Å². The standard InChI is InChI=1S/C14H16N4O2/c1-20-13(19)12(15)10-18(11-6-3-2-4-7-11)14-16-8-5-9-17-14/h2-9,12H,10,15H2,1H3/t12-/m1/s1. The molecule has 0 aliphatic heterocycles. The number of hydrogen-bond donors (Lipinski definition) is 1. The third-order valence-corrected chi connectivity index (χ3v) is 2.74. The van der Waals surface area contributed by atoms with Crippen molar-refractivity contribution in [3.63, 3.8) is 0 Å². The minimum absolute atomic E-state index is 0.237. The molecule has 0 aliphatic rings. The largest absolute Gasteiger partial charge is 0.468 e. The molecule has 1 aromatic carbocycles. The average molecular weight is 272 g/mol. The van der Waals surface area contributed by atoms with Crippen LogP contribution < -0.4 is 10.6 Å². The van der Waals surface area contributed by atoms with E-state index in [4.69, 9.17) is 5.73 Å². The first kappa shape index (κ1) is 14.0. The molecule has 0 amide bonds. The number of carbonyl (C=O) groups excluding carboxylic acids is 1. The first-order valence-electron chi connectivity index (χ1n) is 6.15. The summed E-state index contributed by atoms with van der Waals surface area (Å²) in [6.07, 6.45) is 3.28. The van der Waals surface area contributed by atoms with Gasteiger partial charge in [0.05, 0.1) is 13.7 Å². The fraction of sp³-hybridized carbons (Fsp3) is 0.214. The molecular formula is C14H16N4O2. The number of nitrogens with two attached hydrogens (primary N) is 1. The maximum atomic E-state index is 11.5. The summed E-state index contributed by atoms with van der Waals surface area (Å²) in [5, 5.41) is 0. The molecule has 104 valence electrons. The molecule has 0 unspecified atom stereocenters. The van der Waals surface area contributed by atoms with E-state index in [0.717, 1.165) is 5.69 Å². The Kier molecular flexibility index (Phi) is 4.62. The van der Waals surface area contributed by atoms with Crippen molar-refractivity contribution in [2.75, 3.05) is 18.6 Å². The summed E-state index contributed by atoms with van der Waals surface area (Å²) in [6.45, 7) is 0.237. The molecule has 6 heteroatoms. The summed E-state index contributed by atoms with van der Waals surface area (Å²) in [5.74, 6) is 0.0138. The van der Waals surface area contributed by atoms with Gasteiger partial charge in [0.1, 0.15) is 6.04 Å². The maximum Gasteiger partial charge on any atom is 0.324 e. The minimum Gasteiger partial charge on any atom is -0.468 e. The van der Waals surface area contributed by atoms with Gasteiger partial charge in [0.2, 0.25) is 5.95 Å². The van der Waals surface area contributed by atoms with E-state index < -0.39 is 12.0 Å². The first-order valence-corrected chi connectivity index (χ1v) is 6.15. The zero-order chi connectivity index (χ0) is 14.4. The quantitative estimate of drug-likeness (QED) is 0.821. The maximum absolute atomic E-state index is 11.5. The van der Waals surface area contributed by atoms with Crippen LogP contribution >= 0.6 is 0 Å². The lowest BCUT2D eigenvalue weighted by Gasteiger charge is -2.24. The minimum atomic E-state index is -0.774. The van der Waals surface area contributed by atoms with Crippen molar-refractivity contribution in [2.24, 2.45) is 5.73 Å². The van der Waals surface area contributed by atoms with Crippen molar-refractivity contribution in [2.45, 2.75) is 6.04 Å². The Bertz CT molecular complexity index is 508. The van der Waals surface area contributed by atoms with E-state index in [2.05, 4.69) is 14.7 Å². The van der Waals surface area contributed by atoms with Crippen LogP contribution in [0.25, 0.3) is 0 Å². The molecule has 6 nitrogen and oxygen atoms in total. The van der Waals surface area contributed by atoms with Crippen LogP contribution in [-0.4, -0.2) is 35.6 Å². The Morgan fingerprint density at radius 1 is 1.25 bits per heavy atom. The van der Waals surface area contributed by atoms with E-state index >= 15 is 0 Å². The fourth-order valence-corrected chi connectivity index (χ4v) is 1.76. The van der Waals surface area contributed by atoms with E-state index in [9.17, 15) is 4.79 Å². The third-order valence-electron chi connectivity index (χ3n) is 2.74. The number of rotatable bonds is 5. The molecule has 0 saturated heterocycles. The Hall–Kier alpha value is -2.47. The van der Waals surface area contributed by atoms with E-state index in [-0.39, 0.29) is 6.54 Å². The number of aromatic nitrogens is 2. The van der Waals surface area contributed by atoms with Gasteiger partial charge in [0.15, 0.2) is 0 Å². The van der Waals surface area contributed by atoms with Crippen LogP contribution in [0.5, 0.6) is 0 Å². The van der Waals surface area contributed by atoms with Crippen molar-refractivity contribution in [3.05, 3.63) is 48.8 Å². The molecule has 0 saturated carbocycles. The van der Waals surface area contributed by atoms with Gasteiger partial charge < -0.3 is 15.4 Å². The molecule has 0 fully saturated rings. The zero-order valence-electron chi connectivity index (χ0n) is 11.1. The van der Waals surface area contributed by atoms with Crippen molar-refractivity contribution in [1.82, 2.24) is 9.97 Å². The summed E-state index contributed by atoms with van der Waals surface area (Å²) < 4.78 is 4.65. The molecule has 1 heterocycles. The Labute approximate surface area is 117 Å². The van der Waals surface area contributed by atoms with Gasteiger partial charge in [-0.05, 0) is 18.2 Å². The van der Waals surface area contributed by atoms with E-state index in [1.54, 1.807) is 23.4 Å². The Balaban J connectivity index is 2.28. The lowest BCUT2D eigenvalue weighted by Crippen LogP contribution is -2.42. The third kappa shape index (κ3) is 3.30. The van der Waals surface area contributed by atoms with Crippen LogP contribution in [0, 0.1) is 0 Å². The Morgan fingerprint density at radius 2 is 1.90 bits per heavy atom. The van der Waals surface area contributed by atoms with Gasteiger partial charge in [0, 0.05) is 18.1 Å². The first-order chi connectivity index (χ1) is 9.72. The van der Waals surface area contributed by atoms with Gasteiger partial charge in [-0.2, -0.15) is 0 Å². The van der Waals surface area contributed by atoms with Crippen LogP contribution in [0.15, 0.2) is 48.8 Å². The highest BCUT2D eigenvalue weighted by Crippen LogP contribution is 2.21. The van der Waals surface area contributed by atoms with E-state index in [1.807, 2.05) is 30.3 Å². The molecule has 2 N–H and O–H groups in total. The second-order valence-corrected chi connectivity index (χ2v) is 4.12. The number of esters is 1. The topological polar surface area (TPSA) is 81.3 Å². The van der Waals surface area contributed by atoms with E-state index in [0.29, 0.717) is 5.95 Å². The van der Waals surface area contributed by atoms with Gasteiger partial charge in [0.25, 0.3) is 0 Å². The molecule has 0 aliphatic carbocycles. The molecule has 1 atom stereocenters. The zero-order valence-corrected chi connectivity index (χ0v) is 11.1. The molecule has 0 radical (unpaired) electrons. The molecule has 0 spiro atoms. The van der Waals surface area contributed by atoms with Gasteiger partial charge in [-0.1, -0.05) is 18.2 Å². The highest BCUT2D eigenvalue weighted by molar-refractivity contribution is 5.77. The van der Waals surface area contributed by atoms with Crippen LogP contribution in [-0.2, 0) is 9.53 Å². The van der Waals surface area contributed by atoms with Crippen molar-refractivity contribution in [3.8, 4) is 0 Å². The summed E-state index contributed by atoms with van der Waals surface area (Å²) in [7, 11) is 1.31. The van der Waals surface area contributed by atoms with Crippen molar-refractivity contribution in [1.29, 1.82) is 0 Å². The highest BCUT2D eigenvalue weighted by atomic mass is 16.5. The molecular weight excluding hydrogens is 256 g/mol. The summed E-state index contributed by atoms with van der Waals surface area (Å²) in [5.41, 5.74) is 6.69. The van der Waals surface area contributed by atoms with Crippen LogP contribution in [0.3, 0.4) is 0 Å². The van der Waals surface area contributed by atoms with Crippen LogP contribution in [0.4, 0.5) is 11.6 Å². The van der Waals surface area contributed by atoms with Gasteiger partial charge in [-0.25, -0.2) is 9.97 Å². The summed E-state index contributed by atoms with van der Waals surface area (Å²) >= 11 is 0. The van der Waals surface area contributed by atoms with Crippen LogP contribution in [0.2, 0.25) is 0 Å². The van der Waals surface area contributed by atoms with E-state index in [1.165, 1.54) is 7.11 Å². The number of anilines is 2. The number of para-hydroxylation sites is 1. The Morgan fingerprint density at radius 3 is 2.50 bits per heavy atom. The molecule has 0 bridgehead atoms. The second-order valence-electron chi connectivity index (χ2n) is 4.12. The van der Waals surface area contributed by atoms with Crippen molar-refractivity contribution >= 4 is 17.6 Å². The number of ether oxygens (including phenoxy) is 1.